The van der Waals surface area contributed by atoms with E-state index in [1.54, 1.807) is 0 Å². The average molecular weight is 311 g/mol. The van der Waals surface area contributed by atoms with Gasteiger partial charge in [-0.3, -0.25) is 4.79 Å². The molecule has 0 bridgehead atoms. The maximum Gasteiger partial charge on any atom is 0.232 e. The van der Waals surface area contributed by atoms with Crippen LogP contribution in [0, 0.1) is 0 Å². The summed E-state index contributed by atoms with van der Waals surface area (Å²) >= 11 is 0. The van der Waals surface area contributed by atoms with Crippen LogP contribution in [0.25, 0.3) is 0 Å². The molecule has 122 valence electrons. The van der Waals surface area contributed by atoms with Crippen molar-refractivity contribution in [3.8, 4) is 0 Å². The quantitative estimate of drug-likeness (QED) is 0.754. The number of rotatable bonds is 8. The van der Waals surface area contributed by atoms with Crippen LogP contribution in [0.2, 0.25) is 0 Å². The van der Waals surface area contributed by atoms with E-state index in [1.807, 2.05) is 74.5 Å². The number of carbonyl (C=O) groups is 1. The van der Waals surface area contributed by atoms with Crippen LogP contribution >= 0.6 is 0 Å². The minimum atomic E-state index is -0.275. The molecule has 0 aliphatic rings. The van der Waals surface area contributed by atoms with Gasteiger partial charge in [0.2, 0.25) is 5.91 Å². The molecule has 0 heterocycles. The molecule has 1 N–H and O–H groups in total. The molecule has 0 fully saturated rings. The van der Waals surface area contributed by atoms with Gasteiger partial charge < -0.3 is 10.1 Å². The van der Waals surface area contributed by atoms with E-state index in [1.165, 1.54) is 0 Å². The van der Waals surface area contributed by atoms with Crippen LogP contribution in [-0.4, -0.2) is 25.2 Å². The third kappa shape index (κ3) is 5.53. The van der Waals surface area contributed by atoms with Crippen LogP contribution in [0.1, 0.15) is 37.3 Å². The highest BCUT2D eigenvalue weighted by atomic mass is 16.5. The SMILES string of the molecule is CC(C)OCCCNC(=O)C(c1ccccc1)c1ccccc1. The minimum absolute atomic E-state index is 0.0342. The largest absolute Gasteiger partial charge is 0.379 e. The topological polar surface area (TPSA) is 38.3 Å². The minimum Gasteiger partial charge on any atom is -0.379 e. The predicted octanol–water partition coefficient (Wildman–Crippen LogP) is 3.75. The van der Waals surface area contributed by atoms with E-state index in [4.69, 9.17) is 4.74 Å². The van der Waals surface area contributed by atoms with Gasteiger partial charge in [0.05, 0.1) is 12.0 Å². The van der Waals surface area contributed by atoms with Crippen LogP contribution < -0.4 is 5.32 Å². The third-order valence-corrected chi connectivity index (χ3v) is 3.60. The van der Waals surface area contributed by atoms with Crippen molar-refractivity contribution in [3.63, 3.8) is 0 Å². The summed E-state index contributed by atoms with van der Waals surface area (Å²) in [7, 11) is 0. The molecule has 3 heteroatoms. The lowest BCUT2D eigenvalue weighted by Gasteiger charge is -2.18. The summed E-state index contributed by atoms with van der Waals surface area (Å²) in [6, 6.07) is 19.8. The molecule has 0 saturated carbocycles. The van der Waals surface area contributed by atoms with E-state index >= 15 is 0 Å². The van der Waals surface area contributed by atoms with Gasteiger partial charge in [-0.15, -0.1) is 0 Å². The Balaban J connectivity index is 2.02. The Bertz CT molecular complexity index is 542. The molecule has 23 heavy (non-hydrogen) atoms. The first-order valence-electron chi connectivity index (χ1n) is 8.17. The Kier molecular flexibility index (Phi) is 6.82. The number of benzene rings is 2. The average Bonchev–Trinajstić information content (AvgIpc) is 2.56. The molecule has 1 amide bonds. The van der Waals surface area contributed by atoms with Gasteiger partial charge in [-0.1, -0.05) is 60.7 Å². The standard InChI is InChI=1S/C20H25NO2/c1-16(2)23-15-9-14-21-20(22)19(17-10-5-3-6-11-17)18-12-7-4-8-13-18/h3-8,10-13,16,19H,9,14-15H2,1-2H3,(H,21,22). The fourth-order valence-corrected chi connectivity index (χ4v) is 2.49. The first-order valence-corrected chi connectivity index (χ1v) is 8.17. The molecule has 0 aliphatic heterocycles. The fraction of sp³-hybridized carbons (Fsp3) is 0.350. The Morgan fingerprint density at radius 2 is 1.48 bits per heavy atom. The van der Waals surface area contributed by atoms with Crippen LogP contribution in [0.15, 0.2) is 60.7 Å². The monoisotopic (exact) mass is 311 g/mol. The molecule has 0 aromatic heterocycles. The Labute approximate surface area is 138 Å². The van der Waals surface area contributed by atoms with Crippen molar-refractivity contribution in [1.29, 1.82) is 0 Å². The molecule has 3 nitrogen and oxygen atoms in total. The highest BCUT2D eigenvalue weighted by molar-refractivity contribution is 5.87. The highest BCUT2D eigenvalue weighted by Gasteiger charge is 2.21. The summed E-state index contributed by atoms with van der Waals surface area (Å²) in [5, 5.41) is 3.03. The first-order chi connectivity index (χ1) is 11.2. The second kappa shape index (κ2) is 9.11. The van der Waals surface area contributed by atoms with E-state index in [0.717, 1.165) is 17.5 Å². The number of amides is 1. The Morgan fingerprint density at radius 1 is 0.957 bits per heavy atom. The number of hydrogen-bond donors (Lipinski definition) is 1. The lowest BCUT2D eigenvalue weighted by molar-refractivity contribution is -0.121. The van der Waals surface area contributed by atoms with Crippen molar-refractivity contribution in [1.82, 2.24) is 5.32 Å². The van der Waals surface area contributed by atoms with Crippen molar-refractivity contribution < 1.29 is 9.53 Å². The number of ether oxygens (including phenoxy) is 1. The summed E-state index contributed by atoms with van der Waals surface area (Å²) in [6.07, 6.45) is 1.05. The van der Waals surface area contributed by atoms with Gasteiger partial charge in [0, 0.05) is 13.2 Å². The molecule has 0 radical (unpaired) electrons. The van der Waals surface area contributed by atoms with Gasteiger partial charge in [-0.2, -0.15) is 0 Å². The Morgan fingerprint density at radius 3 is 1.96 bits per heavy atom. The van der Waals surface area contributed by atoms with Crippen LogP contribution in [-0.2, 0) is 9.53 Å². The van der Waals surface area contributed by atoms with Crippen LogP contribution in [0.3, 0.4) is 0 Å². The van der Waals surface area contributed by atoms with E-state index in [9.17, 15) is 4.79 Å². The Hall–Kier alpha value is -2.13. The normalized spacial score (nSPS) is 11.0. The summed E-state index contributed by atoms with van der Waals surface area (Å²) in [5.74, 6) is -0.240. The van der Waals surface area contributed by atoms with Crippen molar-refractivity contribution in [2.75, 3.05) is 13.2 Å². The molecule has 0 aliphatic carbocycles. The molecule has 0 spiro atoms. The van der Waals surface area contributed by atoms with E-state index in [2.05, 4.69) is 5.32 Å². The smallest absolute Gasteiger partial charge is 0.232 e. The second-order valence-corrected chi connectivity index (χ2v) is 5.82. The molecule has 0 unspecified atom stereocenters. The summed E-state index contributed by atoms with van der Waals surface area (Å²) in [4.78, 5) is 12.7. The molecule has 2 aromatic carbocycles. The molecule has 2 rings (SSSR count). The zero-order valence-electron chi connectivity index (χ0n) is 13.9. The van der Waals surface area contributed by atoms with E-state index in [0.29, 0.717) is 13.2 Å². The molecule has 2 aromatic rings. The lowest BCUT2D eigenvalue weighted by atomic mass is 9.90. The number of hydrogen-bond acceptors (Lipinski definition) is 2. The summed E-state index contributed by atoms with van der Waals surface area (Å²) in [6.45, 7) is 5.32. The zero-order valence-corrected chi connectivity index (χ0v) is 13.9. The number of carbonyl (C=O) groups excluding carboxylic acids is 1. The van der Waals surface area contributed by atoms with Gasteiger partial charge in [-0.25, -0.2) is 0 Å². The number of nitrogens with one attached hydrogen (secondary N) is 1. The maximum atomic E-state index is 12.7. The van der Waals surface area contributed by atoms with Gasteiger partial charge >= 0.3 is 0 Å². The van der Waals surface area contributed by atoms with Crippen molar-refractivity contribution in [2.45, 2.75) is 32.3 Å². The van der Waals surface area contributed by atoms with Gasteiger partial charge in [0.25, 0.3) is 0 Å². The summed E-state index contributed by atoms with van der Waals surface area (Å²) < 4.78 is 5.50. The molecule has 0 saturated heterocycles. The van der Waals surface area contributed by atoms with E-state index < -0.39 is 0 Å². The van der Waals surface area contributed by atoms with E-state index in [-0.39, 0.29) is 17.9 Å². The molecule has 0 atom stereocenters. The van der Waals surface area contributed by atoms with Crippen molar-refractivity contribution >= 4 is 5.91 Å². The predicted molar refractivity (Wildman–Crippen MR) is 93.4 cm³/mol. The maximum absolute atomic E-state index is 12.7. The van der Waals surface area contributed by atoms with Crippen LogP contribution in [0.5, 0.6) is 0 Å². The highest BCUT2D eigenvalue weighted by Crippen LogP contribution is 2.24. The summed E-state index contributed by atoms with van der Waals surface area (Å²) in [5.41, 5.74) is 2.02. The van der Waals surface area contributed by atoms with Gasteiger partial charge in [0.15, 0.2) is 0 Å². The van der Waals surface area contributed by atoms with Crippen molar-refractivity contribution in [2.24, 2.45) is 0 Å². The first kappa shape index (κ1) is 17.2. The second-order valence-electron chi connectivity index (χ2n) is 5.82. The van der Waals surface area contributed by atoms with Crippen LogP contribution in [0.4, 0.5) is 0 Å². The van der Waals surface area contributed by atoms with Gasteiger partial charge in [0.1, 0.15) is 0 Å². The molecular formula is C20H25NO2. The third-order valence-electron chi connectivity index (χ3n) is 3.60. The van der Waals surface area contributed by atoms with Crippen molar-refractivity contribution in [3.05, 3.63) is 71.8 Å². The van der Waals surface area contributed by atoms with Gasteiger partial charge in [-0.05, 0) is 31.4 Å². The molecular weight excluding hydrogens is 286 g/mol. The zero-order chi connectivity index (χ0) is 16.5. The lowest BCUT2D eigenvalue weighted by Crippen LogP contribution is -2.31. The fourth-order valence-electron chi connectivity index (χ4n) is 2.49.